The van der Waals surface area contributed by atoms with E-state index in [2.05, 4.69) is 67.9 Å². The van der Waals surface area contributed by atoms with E-state index in [1.165, 1.54) is 5.56 Å². The molecule has 2 aromatic carbocycles. The van der Waals surface area contributed by atoms with Crippen LogP contribution in [0.2, 0.25) is 0 Å². The fraction of sp³-hybridized carbons (Fsp3) is 0.467. The van der Waals surface area contributed by atoms with E-state index >= 15 is 0 Å². The fourth-order valence-corrected chi connectivity index (χ4v) is 5.17. The summed E-state index contributed by atoms with van der Waals surface area (Å²) in [5.41, 5.74) is 15.0. The van der Waals surface area contributed by atoms with Gasteiger partial charge in [-0.25, -0.2) is 9.78 Å². The molecule has 0 saturated carbocycles. The lowest BCUT2D eigenvalue weighted by Gasteiger charge is -2.43. The highest BCUT2D eigenvalue weighted by atomic mass is 16.2. The SMILES string of the molecule is CC(C)(C)[C@H](c1nc(-c2ccccc2)cn1Cc1ccccc1)N(CCCN)C(=O)N1CCC(N)CC1. The van der Waals surface area contributed by atoms with Crippen LogP contribution in [0.1, 0.15) is 57.5 Å². The van der Waals surface area contributed by atoms with Crippen LogP contribution < -0.4 is 11.5 Å². The number of hydrogen-bond acceptors (Lipinski definition) is 4. The van der Waals surface area contributed by atoms with Crippen LogP contribution in [-0.2, 0) is 6.54 Å². The Labute approximate surface area is 221 Å². The third kappa shape index (κ3) is 6.59. The Bertz CT molecular complexity index is 1130. The number of benzene rings is 2. The smallest absolute Gasteiger partial charge is 0.320 e. The second-order valence-electron chi connectivity index (χ2n) is 11.2. The summed E-state index contributed by atoms with van der Waals surface area (Å²) < 4.78 is 2.22. The number of nitrogens with zero attached hydrogens (tertiary/aromatic N) is 4. The topological polar surface area (TPSA) is 93.4 Å². The van der Waals surface area contributed by atoms with Crippen molar-refractivity contribution in [2.24, 2.45) is 16.9 Å². The van der Waals surface area contributed by atoms with Gasteiger partial charge >= 0.3 is 6.03 Å². The van der Waals surface area contributed by atoms with Crippen LogP contribution in [0.15, 0.2) is 66.9 Å². The van der Waals surface area contributed by atoms with Gasteiger partial charge in [0, 0.05) is 44.0 Å². The molecular weight excluding hydrogens is 460 g/mol. The lowest BCUT2D eigenvalue weighted by Crippen LogP contribution is -2.52. The number of carbonyl (C=O) groups is 1. The van der Waals surface area contributed by atoms with Gasteiger partial charge in [0.1, 0.15) is 5.82 Å². The zero-order valence-corrected chi connectivity index (χ0v) is 22.5. The van der Waals surface area contributed by atoms with Crippen molar-refractivity contribution in [3.8, 4) is 11.3 Å². The van der Waals surface area contributed by atoms with Gasteiger partial charge < -0.3 is 25.8 Å². The summed E-state index contributed by atoms with van der Waals surface area (Å²) in [7, 11) is 0. The Balaban J connectivity index is 1.79. The number of nitrogens with two attached hydrogens (primary N) is 2. The minimum Gasteiger partial charge on any atom is -0.330 e. The molecule has 7 heteroatoms. The maximum absolute atomic E-state index is 14.1. The third-order valence-electron chi connectivity index (χ3n) is 7.11. The molecule has 3 aromatic rings. The molecule has 4 N–H and O–H groups in total. The Morgan fingerprint density at radius 2 is 1.68 bits per heavy atom. The zero-order valence-electron chi connectivity index (χ0n) is 22.5. The normalized spacial score (nSPS) is 15.5. The predicted molar refractivity (Wildman–Crippen MR) is 150 cm³/mol. The molecule has 37 heavy (non-hydrogen) atoms. The maximum Gasteiger partial charge on any atom is 0.320 e. The van der Waals surface area contributed by atoms with E-state index in [4.69, 9.17) is 16.5 Å². The van der Waals surface area contributed by atoms with E-state index in [0.29, 0.717) is 32.7 Å². The lowest BCUT2D eigenvalue weighted by atomic mass is 9.84. The summed E-state index contributed by atoms with van der Waals surface area (Å²) in [6.07, 6.45) is 4.52. The summed E-state index contributed by atoms with van der Waals surface area (Å²) in [5.74, 6) is 0.897. The van der Waals surface area contributed by atoms with Crippen LogP contribution in [0.4, 0.5) is 4.79 Å². The van der Waals surface area contributed by atoms with Gasteiger partial charge in [-0.2, -0.15) is 0 Å². The molecule has 198 valence electrons. The van der Waals surface area contributed by atoms with Crippen molar-refractivity contribution >= 4 is 6.03 Å². The molecule has 0 aliphatic carbocycles. The molecule has 7 nitrogen and oxygen atoms in total. The Morgan fingerprint density at radius 3 is 2.27 bits per heavy atom. The van der Waals surface area contributed by atoms with Crippen LogP contribution in [0.3, 0.4) is 0 Å². The summed E-state index contributed by atoms with van der Waals surface area (Å²) in [5, 5.41) is 0. The number of hydrogen-bond donors (Lipinski definition) is 2. The van der Waals surface area contributed by atoms with Gasteiger partial charge in [0.25, 0.3) is 0 Å². The van der Waals surface area contributed by atoms with Crippen molar-refractivity contribution in [2.45, 2.75) is 58.7 Å². The molecule has 1 aromatic heterocycles. The van der Waals surface area contributed by atoms with Gasteiger partial charge in [0.2, 0.25) is 0 Å². The number of piperidine rings is 1. The number of amides is 2. The third-order valence-corrected chi connectivity index (χ3v) is 7.11. The molecule has 4 rings (SSSR count). The monoisotopic (exact) mass is 502 g/mol. The Hall–Kier alpha value is -3.16. The van der Waals surface area contributed by atoms with E-state index in [-0.39, 0.29) is 23.5 Å². The van der Waals surface area contributed by atoms with E-state index in [1.807, 2.05) is 34.1 Å². The zero-order chi connectivity index (χ0) is 26.4. The van der Waals surface area contributed by atoms with Gasteiger partial charge in [0.05, 0.1) is 11.7 Å². The number of rotatable bonds is 8. The van der Waals surface area contributed by atoms with Crippen molar-refractivity contribution in [2.75, 3.05) is 26.2 Å². The molecule has 0 bridgehead atoms. The standard InChI is InChI=1S/C30H42N6O/c1-30(2,3)27(36(18-10-17-31)29(37)34-19-15-25(32)16-20-34)28-33-26(24-13-8-5-9-14-24)22-35(28)21-23-11-6-4-7-12-23/h4-9,11-14,22,25,27H,10,15-21,31-32H2,1-3H3/t27-/m0/s1. The first-order chi connectivity index (χ1) is 17.8. The molecule has 1 aliphatic rings. The average molecular weight is 503 g/mol. The van der Waals surface area contributed by atoms with Crippen molar-refractivity contribution in [3.63, 3.8) is 0 Å². The molecule has 1 saturated heterocycles. The van der Waals surface area contributed by atoms with E-state index in [1.54, 1.807) is 0 Å². The van der Waals surface area contributed by atoms with Crippen molar-refractivity contribution < 1.29 is 4.79 Å². The van der Waals surface area contributed by atoms with Gasteiger partial charge in [-0.05, 0) is 36.8 Å². The van der Waals surface area contributed by atoms with E-state index < -0.39 is 0 Å². The number of urea groups is 1. The van der Waals surface area contributed by atoms with Gasteiger partial charge in [0.15, 0.2) is 0 Å². The van der Waals surface area contributed by atoms with Crippen LogP contribution in [0, 0.1) is 5.41 Å². The summed E-state index contributed by atoms with van der Waals surface area (Å²) >= 11 is 0. The quantitative estimate of drug-likeness (QED) is 0.459. The van der Waals surface area contributed by atoms with E-state index in [9.17, 15) is 4.79 Å². The van der Waals surface area contributed by atoms with Gasteiger partial charge in [-0.1, -0.05) is 81.4 Å². The predicted octanol–water partition coefficient (Wildman–Crippen LogP) is 4.88. The lowest BCUT2D eigenvalue weighted by molar-refractivity contribution is 0.0776. The number of imidazole rings is 1. The second-order valence-corrected chi connectivity index (χ2v) is 11.2. The van der Waals surface area contributed by atoms with Gasteiger partial charge in [-0.15, -0.1) is 0 Å². The number of carbonyl (C=O) groups excluding carboxylic acids is 1. The number of aromatic nitrogens is 2. The highest BCUT2D eigenvalue weighted by Crippen LogP contribution is 2.40. The minimum absolute atomic E-state index is 0.0517. The van der Waals surface area contributed by atoms with Crippen LogP contribution in [-0.4, -0.2) is 57.6 Å². The van der Waals surface area contributed by atoms with Crippen LogP contribution in [0.25, 0.3) is 11.3 Å². The van der Waals surface area contributed by atoms with Crippen molar-refractivity contribution in [3.05, 3.63) is 78.2 Å². The van der Waals surface area contributed by atoms with Gasteiger partial charge in [-0.3, -0.25) is 0 Å². The highest BCUT2D eigenvalue weighted by molar-refractivity contribution is 5.75. The maximum atomic E-state index is 14.1. The Morgan fingerprint density at radius 1 is 1.05 bits per heavy atom. The first-order valence-corrected chi connectivity index (χ1v) is 13.5. The van der Waals surface area contributed by atoms with Crippen LogP contribution in [0.5, 0.6) is 0 Å². The summed E-state index contributed by atoms with van der Waals surface area (Å²) in [4.78, 5) is 23.2. The first-order valence-electron chi connectivity index (χ1n) is 13.5. The Kier molecular flexibility index (Phi) is 8.67. The molecule has 0 spiro atoms. The highest BCUT2D eigenvalue weighted by Gasteiger charge is 2.40. The molecule has 0 radical (unpaired) electrons. The molecule has 1 aliphatic heterocycles. The molecule has 1 fully saturated rings. The molecule has 2 amide bonds. The largest absolute Gasteiger partial charge is 0.330 e. The fourth-order valence-electron chi connectivity index (χ4n) is 5.17. The molecular formula is C30H42N6O. The van der Waals surface area contributed by atoms with Crippen LogP contribution >= 0.6 is 0 Å². The molecule has 1 atom stereocenters. The van der Waals surface area contributed by atoms with Crippen molar-refractivity contribution in [1.29, 1.82) is 0 Å². The van der Waals surface area contributed by atoms with E-state index in [0.717, 1.165) is 36.3 Å². The summed E-state index contributed by atoms with van der Waals surface area (Å²) in [6.45, 7) is 9.73. The summed E-state index contributed by atoms with van der Waals surface area (Å²) in [6, 6.07) is 20.6. The first kappa shape index (κ1) is 26.9. The average Bonchev–Trinajstić information content (AvgIpc) is 3.29. The number of likely N-dealkylation sites (tertiary alicyclic amines) is 1. The minimum atomic E-state index is -0.260. The second kappa shape index (κ2) is 11.9. The molecule has 2 heterocycles. The molecule has 0 unspecified atom stereocenters. The van der Waals surface area contributed by atoms with Crippen molar-refractivity contribution in [1.82, 2.24) is 19.4 Å².